The maximum atomic E-state index is 12.9. The van der Waals surface area contributed by atoms with Crippen LogP contribution in [-0.2, 0) is 159 Å². The number of hydrogen-bond donors (Lipinski definition) is 0. The van der Waals surface area contributed by atoms with Gasteiger partial charge in [0, 0.05) is 24.2 Å². The SMILES string of the molecule is CC1C(C)[C@H](C)[C@H](COS(=O)(=O)[O-])O[C@@H]1O[C@H]1C(C)C(C)[C@H](OC2C(COS(=O)(=O)[O-])O[C@@H](OC3[C@H](C)[C@H]4OCCC3(OC[O-])O[C@H]4O[C@H]3C(OS(=O)(=O)[O-])C(OS(=O)(=O)[O-])[C@@H](C)O[C@H]3COS(=O)(=O)[O-])C(OS(=O)(=O)[O-])[C@H]2OS(=O)(=O)[O-])O[C@H]1C(=O)[O-]. The van der Waals surface area contributed by atoms with E-state index in [0.29, 0.717) is 0 Å². The average Bonchev–Trinajstić information content (AvgIpc) is 3.07. The maximum absolute atomic E-state index is 12.9. The Hall–Kier alpha value is -1.92. The largest absolute Gasteiger partial charge is 0.834 e. The summed E-state index contributed by atoms with van der Waals surface area (Å²) in [5.41, 5.74) is 0. The van der Waals surface area contributed by atoms with Crippen LogP contribution in [0.4, 0.5) is 0 Å². The molecule has 25 atom stereocenters. The van der Waals surface area contributed by atoms with Gasteiger partial charge in [-0.25, -0.2) is 58.9 Å². The fourth-order valence-electron chi connectivity index (χ4n) is 10.8. The number of rotatable bonds is 28. The van der Waals surface area contributed by atoms with Gasteiger partial charge in [0.1, 0.15) is 61.0 Å². The van der Waals surface area contributed by atoms with E-state index in [1.54, 1.807) is 20.8 Å². The van der Waals surface area contributed by atoms with Gasteiger partial charge in [-0.1, -0.05) is 41.5 Å². The summed E-state index contributed by atoms with van der Waals surface area (Å²) in [5.74, 6) is -10.6. The second-order valence-electron chi connectivity index (χ2n) is 20.8. The number of ether oxygens (including phenoxy) is 11. The van der Waals surface area contributed by atoms with Gasteiger partial charge in [-0.05, 0) is 31.5 Å². The molecule has 11 unspecified atom stereocenters. The van der Waals surface area contributed by atoms with E-state index < -0.39 is 270 Å². The third-order valence-electron chi connectivity index (χ3n) is 15.3. The van der Waals surface area contributed by atoms with Crippen LogP contribution in [0.5, 0.6) is 0 Å². The van der Waals surface area contributed by atoms with E-state index in [9.17, 15) is 106 Å². The lowest BCUT2D eigenvalue weighted by molar-refractivity contribution is -0.498. The Morgan fingerprint density at radius 1 is 0.443 bits per heavy atom. The topological polar surface area (TPSA) is 630 Å². The highest BCUT2D eigenvalue weighted by Crippen LogP contribution is 2.48. The van der Waals surface area contributed by atoms with Crippen molar-refractivity contribution in [1.29, 1.82) is 0 Å². The fourth-order valence-corrected chi connectivity index (χ4v) is 13.7. The molecule has 0 amide bonds. The molecule has 0 saturated carbocycles. The first-order chi connectivity index (χ1) is 40.1. The number of carboxylic acids is 1. The van der Waals surface area contributed by atoms with Crippen molar-refractivity contribution < 1.29 is 187 Å². The van der Waals surface area contributed by atoms with E-state index in [1.807, 2.05) is 0 Å². The van der Waals surface area contributed by atoms with E-state index in [-0.39, 0.29) is 0 Å². The zero-order valence-electron chi connectivity index (χ0n) is 46.1. The Labute approximate surface area is 503 Å². The van der Waals surface area contributed by atoms with Gasteiger partial charge in [0.05, 0.1) is 50.7 Å². The summed E-state index contributed by atoms with van der Waals surface area (Å²) in [7, 11) is -41.5. The number of hydrogen-bond acceptors (Lipinski definition) is 42. The van der Waals surface area contributed by atoms with Crippen molar-refractivity contribution >= 4 is 78.8 Å². The van der Waals surface area contributed by atoms with Gasteiger partial charge in [-0.3, -0.25) is 29.3 Å². The first-order valence-corrected chi connectivity index (χ1v) is 34.8. The van der Waals surface area contributed by atoms with Crippen LogP contribution in [0, 0.1) is 35.5 Å². The van der Waals surface area contributed by atoms with E-state index in [4.69, 9.17) is 52.1 Å². The molecule has 7 aliphatic rings. The standard InChI is InChI=1S/C39H65O42S7/c1-14-15(2)21(10-66-82(43,44)45)70-35(17(14)4)72-24-16(3)18(5)36(75-31(24)34(41)42)73-28-23(12-68-84(49,50)51)71-37(32(81-88(61,62)63)30(28)80-87(58,59)60)76-33-19(6)25-38(77-39(33,65-13-40)8-9-64-25)74-27-22(11-67-83(46,47)48)69-20(7)26(78-85(52,53)54)29(27)79-86(55,56)57/h14-33,35-38H,8-13H2,1-7H3,(H,41,42)(H,43,44,45)(H,46,47,48)(H,49,50,51)(H,52,53,54)(H,55,56,57)(H,58,59,60)(H,61,62,63)/q-1/p-8/t14?,15-,16?,17?,18?,19+,20+,21-,22-,23?,24-,25+,26?,27+,28?,29?,30-,31+,32?,33?,35+,36+,37-,38+,39?/m0/s1. The Bertz CT molecular complexity index is 3230. The molecule has 42 nitrogen and oxygen atoms in total. The first kappa shape index (κ1) is 75.1. The molecule has 7 fully saturated rings. The molecule has 7 aliphatic heterocycles. The van der Waals surface area contributed by atoms with Crippen LogP contribution in [0.15, 0.2) is 0 Å². The molecule has 0 N–H and O–H groups in total. The Kier molecular flexibility index (Phi) is 24.4. The molecule has 7 rings (SSSR count). The molecule has 2 bridgehead atoms. The predicted octanol–water partition coefficient (Wildman–Crippen LogP) is -7.96. The van der Waals surface area contributed by atoms with E-state index in [1.165, 1.54) is 13.8 Å². The summed E-state index contributed by atoms with van der Waals surface area (Å²) in [5, 5.41) is 25.5. The average molecular weight is 1420 g/mol. The third-order valence-corrected chi connectivity index (χ3v) is 18.4. The van der Waals surface area contributed by atoms with Crippen LogP contribution in [0.2, 0.25) is 0 Å². The Morgan fingerprint density at radius 3 is 1.35 bits per heavy atom. The van der Waals surface area contributed by atoms with Crippen molar-refractivity contribution in [2.24, 2.45) is 35.5 Å². The second-order valence-corrected chi connectivity index (χ2v) is 28.0. The third kappa shape index (κ3) is 20.1. The highest BCUT2D eigenvalue weighted by molar-refractivity contribution is 7.82. The van der Waals surface area contributed by atoms with Crippen molar-refractivity contribution in [3.8, 4) is 0 Å². The van der Waals surface area contributed by atoms with Crippen molar-refractivity contribution in [2.75, 3.05) is 33.2 Å². The van der Waals surface area contributed by atoms with Crippen molar-refractivity contribution in [3.05, 3.63) is 0 Å². The quantitative estimate of drug-likeness (QED) is 0.0399. The lowest BCUT2D eigenvalue weighted by atomic mass is 9.78. The molecule has 7 heterocycles. The van der Waals surface area contributed by atoms with E-state index in [0.717, 1.165) is 13.8 Å². The molecule has 0 aromatic heterocycles. The number of carbonyl (C=O) groups is 1. The van der Waals surface area contributed by atoms with Crippen LogP contribution in [-0.4, -0.2) is 246 Å². The highest BCUT2D eigenvalue weighted by atomic mass is 32.3. The lowest BCUT2D eigenvalue weighted by Gasteiger charge is -2.54. The van der Waals surface area contributed by atoms with E-state index in [2.05, 4.69) is 29.3 Å². The van der Waals surface area contributed by atoms with Crippen molar-refractivity contribution in [3.63, 3.8) is 0 Å². The Balaban J connectivity index is 1.39. The summed E-state index contributed by atoms with van der Waals surface area (Å²) in [6, 6.07) is 0. The minimum Gasteiger partial charge on any atom is -0.834 e. The van der Waals surface area contributed by atoms with Crippen molar-refractivity contribution in [1.82, 2.24) is 0 Å². The smallest absolute Gasteiger partial charge is 0.218 e. The van der Waals surface area contributed by atoms with Gasteiger partial charge < -0.3 is 99.0 Å². The van der Waals surface area contributed by atoms with Gasteiger partial charge in [-0.2, -0.15) is 0 Å². The molecule has 88 heavy (non-hydrogen) atoms. The minimum atomic E-state index is -6.33. The van der Waals surface area contributed by atoms with E-state index >= 15 is 0 Å². The normalized spacial score (nSPS) is 40.9. The molecule has 0 aromatic rings. The zero-order chi connectivity index (χ0) is 66.4. The molecule has 7 saturated heterocycles. The second kappa shape index (κ2) is 28.6. The number of carbonyl (C=O) groups excluding carboxylic acids is 1. The molecule has 0 aromatic carbocycles. The predicted molar refractivity (Wildman–Crippen MR) is 253 cm³/mol. The lowest BCUT2D eigenvalue weighted by Crippen LogP contribution is -2.69. The number of aliphatic carboxylic acids is 1. The molecule has 516 valence electrons. The summed E-state index contributed by atoms with van der Waals surface area (Å²) < 4.78 is 348. The summed E-state index contributed by atoms with van der Waals surface area (Å²) in [4.78, 5) is 12.9. The molecular formula is C39H57O42S7-9. The van der Waals surface area contributed by atoms with Crippen LogP contribution >= 0.6 is 0 Å². The highest BCUT2D eigenvalue weighted by Gasteiger charge is 2.63. The van der Waals surface area contributed by atoms with Crippen LogP contribution < -0.4 is 10.2 Å². The monoisotopic (exact) mass is 1420 g/mol. The molecule has 0 radical (unpaired) electrons. The Morgan fingerprint density at radius 2 is 0.864 bits per heavy atom. The fraction of sp³-hybridized carbons (Fsp3) is 0.974. The van der Waals surface area contributed by atoms with Crippen molar-refractivity contribution in [2.45, 2.75) is 171 Å². The van der Waals surface area contributed by atoms with Gasteiger partial charge in [0.2, 0.25) is 72.8 Å². The number of fused-ring (bicyclic) bond motifs is 4. The first-order valence-electron chi connectivity index (χ1n) is 25.4. The molecule has 49 heteroatoms. The van der Waals surface area contributed by atoms with Gasteiger partial charge in [0.25, 0.3) is 0 Å². The van der Waals surface area contributed by atoms with Gasteiger partial charge in [0.15, 0.2) is 37.1 Å². The van der Waals surface area contributed by atoms with Crippen LogP contribution in [0.25, 0.3) is 0 Å². The summed E-state index contributed by atoms with van der Waals surface area (Å²) in [6.45, 7) is 3.09. The van der Waals surface area contributed by atoms with Crippen LogP contribution in [0.1, 0.15) is 54.9 Å². The molecule has 0 aliphatic carbocycles. The summed E-state index contributed by atoms with van der Waals surface area (Å²) in [6.07, 6.45) is -41.8. The molecular weight excluding hydrogens is 1360 g/mol. The summed E-state index contributed by atoms with van der Waals surface area (Å²) >= 11 is 0. The molecule has 0 spiro atoms. The number of carboxylic acid groups (broad SMARTS) is 1. The van der Waals surface area contributed by atoms with Crippen LogP contribution in [0.3, 0.4) is 0 Å². The van der Waals surface area contributed by atoms with Gasteiger partial charge >= 0.3 is 0 Å². The minimum absolute atomic E-state index is 0.410. The zero-order valence-corrected chi connectivity index (χ0v) is 51.8. The van der Waals surface area contributed by atoms with Gasteiger partial charge in [-0.15, -0.1) is 0 Å². The maximum Gasteiger partial charge on any atom is 0.218 e.